The van der Waals surface area contributed by atoms with Crippen LogP contribution in [-0.2, 0) is 4.79 Å². The van der Waals surface area contributed by atoms with Crippen LogP contribution in [0.1, 0.15) is 13.8 Å². The average Bonchev–Trinajstić information content (AvgIpc) is 2.29. The van der Waals surface area contributed by atoms with Crippen LogP contribution in [0.4, 0.5) is 13.2 Å². The Balaban J connectivity index is 2.68. The van der Waals surface area contributed by atoms with Crippen molar-refractivity contribution in [2.24, 2.45) is 5.92 Å². The summed E-state index contributed by atoms with van der Waals surface area (Å²) in [6, 6.07) is 0. The van der Waals surface area contributed by atoms with Crippen molar-refractivity contribution >= 4 is 5.91 Å². The number of carbonyl (C=O) groups excluding carboxylic acids is 1. The number of hydrogen-bond acceptors (Lipinski definition) is 2. The molecule has 1 saturated heterocycles. The van der Waals surface area contributed by atoms with Crippen molar-refractivity contribution in [3.8, 4) is 0 Å². The summed E-state index contributed by atoms with van der Waals surface area (Å²) in [4.78, 5) is 12.0. The molecule has 1 atom stereocenters. The Morgan fingerprint density at radius 3 is 2.57 bits per heavy atom. The zero-order valence-corrected chi connectivity index (χ0v) is 8.06. The van der Waals surface area contributed by atoms with E-state index in [4.69, 9.17) is 0 Å². The Hall–Kier alpha value is -0.780. The van der Waals surface area contributed by atoms with Crippen LogP contribution in [0.3, 0.4) is 0 Å². The van der Waals surface area contributed by atoms with Crippen LogP contribution in [0, 0.1) is 5.92 Å². The van der Waals surface area contributed by atoms with E-state index in [2.05, 4.69) is 5.32 Å². The number of amides is 1. The molecule has 6 heteroatoms. The lowest BCUT2D eigenvalue weighted by Crippen LogP contribution is -2.45. The van der Waals surface area contributed by atoms with Crippen molar-refractivity contribution in [2.45, 2.75) is 26.2 Å². The predicted molar refractivity (Wildman–Crippen MR) is 44.4 cm³/mol. The van der Waals surface area contributed by atoms with Crippen molar-refractivity contribution in [1.82, 2.24) is 10.2 Å². The molecule has 0 aromatic rings. The smallest absolute Gasteiger partial charge is 0.317 e. The summed E-state index contributed by atoms with van der Waals surface area (Å²) in [5.41, 5.74) is 0. The molecule has 1 amide bonds. The SMILES string of the molecule is CC(C)C1NCC(=O)N1CC(F)(F)F. The molecule has 82 valence electrons. The zero-order chi connectivity index (χ0) is 10.9. The highest BCUT2D eigenvalue weighted by molar-refractivity contribution is 5.80. The van der Waals surface area contributed by atoms with Gasteiger partial charge >= 0.3 is 6.18 Å². The van der Waals surface area contributed by atoms with Gasteiger partial charge in [0.2, 0.25) is 5.91 Å². The maximum absolute atomic E-state index is 12.1. The van der Waals surface area contributed by atoms with Crippen molar-refractivity contribution in [1.29, 1.82) is 0 Å². The van der Waals surface area contributed by atoms with E-state index >= 15 is 0 Å². The molecular weight excluding hydrogens is 197 g/mol. The fraction of sp³-hybridized carbons (Fsp3) is 0.875. The Kier molecular flexibility index (Phi) is 3.04. The van der Waals surface area contributed by atoms with Crippen LogP contribution < -0.4 is 5.32 Å². The second kappa shape index (κ2) is 3.76. The molecule has 0 bridgehead atoms. The highest BCUT2D eigenvalue weighted by Gasteiger charge is 2.40. The number of alkyl halides is 3. The van der Waals surface area contributed by atoms with E-state index in [0.717, 1.165) is 4.90 Å². The largest absolute Gasteiger partial charge is 0.406 e. The Bertz CT molecular complexity index is 227. The first kappa shape index (κ1) is 11.3. The zero-order valence-electron chi connectivity index (χ0n) is 8.06. The van der Waals surface area contributed by atoms with Crippen LogP contribution in [0.25, 0.3) is 0 Å². The Morgan fingerprint density at radius 1 is 1.57 bits per heavy atom. The molecule has 1 rings (SSSR count). The van der Waals surface area contributed by atoms with Crippen molar-refractivity contribution < 1.29 is 18.0 Å². The molecular formula is C8H13F3N2O. The Morgan fingerprint density at radius 2 is 2.14 bits per heavy atom. The number of nitrogens with one attached hydrogen (secondary N) is 1. The lowest BCUT2D eigenvalue weighted by Gasteiger charge is -2.27. The van der Waals surface area contributed by atoms with Gasteiger partial charge in [-0.25, -0.2) is 0 Å². The van der Waals surface area contributed by atoms with Gasteiger partial charge in [-0.1, -0.05) is 13.8 Å². The summed E-state index contributed by atoms with van der Waals surface area (Å²) in [5.74, 6) is -0.509. The molecule has 1 fully saturated rings. The molecule has 0 spiro atoms. The van der Waals surface area contributed by atoms with Gasteiger partial charge in [-0.15, -0.1) is 0 Å². The highest BCUT2D eigenvalue weighted by atomic mass is 19.4. The van der Waals surface area contributed by atoms with Crippen LogP contribution >= 0.6 is 0 Å². The summed E-state index contributed by atoms with van der Waals surface area (Å²) in [6.07, 6.45) is -4.82. The summed E-state index contributed by atoms with van der Waals surface area (Å²) < 4.78 is 36.3. The highest BCUT2D eigenvalue weighted by Crippen LogP contribution is 2.21. The van der Waals surface area contributed by atoms with E-state index in [0.29, 0.717) is 0 Å². The quantitative estimate of drug-likeness (QED) is 0.736. The molecule has 1 unspecified atom stereocenters. The van der Waals surface area contributed by atoms with Crippen LogP contribution in [0.2, 0.25) is 0 Å². The number of hydrogen-bond donors (Lipinski definition) is 1. The summed E-state index contributed by atoms with van der Waals surface area (Å²) in [5, 5.41) is 2.75. The molecule has 1 aliphatic rings. The van der Waals surface area contributed by atoms with E-state index in [1.54, 1.807) is 13.8 Å². The third-order valence-corrected chi connectivity index (χ3v) is 2.10. The molecule has 14 heavy (non-hydrogen) atoms. The normalized spacial score (nSPS) is 23.7. The molecule has 0 radical (unpaired) electrons. The maximum Gasteiger partial charge on any atom is 0.406 e. The molecule has 1 aliphatic heterocycles. The van der Waals surface area contributed by atoms with E-state index in [1.807, 2.05) is 0 Å². The third-order valence-electron chi connectivity index (χ3n) is 2.10. The minimum Gasteiger partial charge on any atom is -0.317 e. The molecule has 0 saturated carbocycles. The van der Waals surface area contributed by atoms with E-state index in [1.165, 1.54) is 0 Å². The van der Waals surface area contributed by atoms with Crippen LogP contribution in [-0.4, -0.2) is 36.2 Å². The van der Waals surface area contributed by atoms with E-state index in [-0.39, 0.29) is 12.5 Å². The fourth-order valence-electron chi connectivity index (χ4n) is 1.53. The van der Waals surface area contributed by atoms with Gasteiger partial charge in [-0.2, -0.15) is 13.2 Å². The molecule has 1 N–H and O–H groups in total. The third kappa shape index (κ3) is 2.60. The molecule has 3 nitrogen and oxygen atoms in total. The maximum atomic E-state index is 12.1. The summed E-state index contributed by atoms with van der Waals surface area (Å²) >= 11 is 0. The molecule has 0 aromatic heterocycles. The summed E-state index contributed by atoms with van der Waals surface area (Å²) in [7, 11) is 0. The first-order valence-electron chi connectivity index (χ1n) is 4.41. The lowest BCUT2D eigenvalue weighted by atomic mass is 10.1. The predicted octanol–water partition coefficient (Wildman–Crippen LogP) is 0.963. The number of carbonyl (C=O) groups is 1. The van der Waals surface area contributed by atoms with Gasteiger partial charge in [0.25, 0.3) is 0 Å². The summed E-state index contributed by atoms with van der Waals surface area (Å²) in [6.45, 7) is 2.39. The van der Waals surface area contributed by atoms with Gasteiger partial charge in [-0.05, 0) is 5.92 Å². The van der Waals surface area contributed by atoms with Gasteiger partial charge < -0.3 is 4.90 Å². The second-order valence-corrected chi connectivity index (χ2v) is 3.71. The first-order chi connectivity index (χ1) is 6.31. The molecule has 0 aromatic carbocycles. The van der Waals surface area contributed by atoms with Gasteiger partial charge in [0.15, 0.2) is 0 Å². The van der Waals surface area contributed by atoms with Gasteiger partial charge in [0.05, 0.1) is 12.7 Å². The molecule has 1 heterocycles. The number of halogens is 3. The average molecular weight is 210 g/mol. The second-order valence-electron chi connectivity index (χ2n) is 3.71. The van der Waals surface area contributed by atoms with E-state index < -0.39 is 24.8 Å². The van der Waals surface area contributed by atoms with Gasteiger partial charge in [0.1, 0.15) is 6.54 Å². The minimum absolute atomic E-state index is 0.00106. The van der Waals surface area contributed by atoms with Gasteiger partial charge in [-0.3, -0.25) is 10.1 Å². The van der Waals surface area contributed by atoms with Crippen LogP contribution in [0.15, 0.2) is 0 Å². The van der Waals surface area contributed by atoms with Gasteiger partial charge in [0, 0.05) is 0 Å². The number of rotatable bonds is 2. The van der Waals surface area contributed by atoms with E-state index in [9.17, 15) is 18.0 Å². The fourth-order valence-corrected chi connectivity index (χ4v) is 1.53. The first-order valence-corrected chi connectivity index (χ1v) is 4.41. The monoisotopic (exact) mass is 210 g/mol. The minimum atomic E-state index is -4.32. The topological polar surface area (TPSA) is 32.3 Å². The Labute approximate surface area is 80.3 Å². The molecule has 0 aliphatic carbocycles. The number of nitrogens with zero attached hydrogens (tertiary/aromatic N) is 1. The van der Waals surface area contributed by atoms with Crippen molar-refractivity contribution in [3.05, 3.63) is 0 Å². The standard InChI is InChI=1S/C8H13F3N2O/c1-5(2)7-12-3-6(14)13(7)4-8(9,10)11/h5,7,12H,3-4H2,1-2H3. The van der Waals surface area contributed by atoms with Crippen molar-refractivity contribution in [3.63, 3.8) is 0 Å². The van der Waals surface area contributed by atoms with Crippen LogP contribution in [0.5, 0.6) is 0 Å². The van der Waals surface area contributed by atoms with Crippen molar-refractivity contribution in [2.75, 3.05) is 13.1 Å². The lowest BCUT2D eigenvalue weighted by molar-refractivity contribution is -0.162.